The molecular weight excluding hydrogens is 294 g/mol. The Morgan fingerprint density at radius 2 is 1.86 bits per heavy atom. The van der Waals surface area contributed by atoms with E-state index in [0.29, 0.717) is 5.75 Å². The third-order valence-electron chi connectivity index (χ3n) is 2.78. The highest BCUT2D eigenvalue weighted by molar-refractivity contribution is 7.90. The van der Waals surface area contributed by atoms with E-state index in [1.165, 1.54) is 37.4 Å². The fourth-order valence-corrected chi connectivity index (χ4v) is 3.01. The molecule has 0 aliphatic carbocycles. The number of pyridine rings is 1. The number of carbonyl (C=O) groups is 1. The fraction of sp³-hybridized carbons (Fsp3) is 0.143. The molecule has 0 amide bonds. The highest BCUT2D eigenvalue weighted by Gasteiger charge is 2.17. The number of methoxy groups -OCH3 is 1. The molecule has 7 heteroatoms. The topological polar surface area (TPSA) is 93.6 Å². The summed E-state index contributed by atoms with van der Waals surface area (Å²) < 4.78 is 29.5. The van der Waals surface area contributed by atoms with E-state index in [2.05, 4.69) is 4.98 Å². The molecule has 0 spiro atoms. The normalized spacial score (nSPS) is 11.1. The molecule has 110 valence electrons. The molecule has 0 saturated heterocycles. The fourth-order valence-electron chi connectivity index (χ4n) is 1.74. The maximum atomic E-state index is 12.3. The van der Waals surface area contributed by atoms with Crippen molar-refractivity contribution in [2.24, 2.45) is 0 Å². The molecule has 2 aromatic rings. The Bertz CT molecular complexity index is 753. The Morgan fingerprint density at radius 1 is 1.19 bits per heavy atom. The van der Waals surface area contributed by atoms with Crippen molar-refractivity contribution < 1.29 is 23.1 Å². The predicted octanol–water partition coefficient (Wildman–Crippen LogP) is 1.76. The van der Waals surface area contributed by atoms with Gasteiger partial charge in [-0.3, -0.25) is 0 Å². The number of carboxylic acid groups (broad SMARTS) is 1. The minimum Gasteiger partial charge on any atom is -0.497 e. The first-order chi connectivity index (χ1) is 9.92. The van der Waals surface area contributed by atoms with Crippen LogP contribution in [0.5, 0.6) is 5.75 Å². The van der Waals surface area contributed by atoms with Gasteiger partial charge in [0.15, 0.2) is 9.84 Å². The van der Waals surface area contributed by atoms with Crippen LogP contribution in [0.15, 0.2) is 47.4 Å². The molecule has 0 bridgehead atoms. The lowest BCUT2D eigenvalue weighted by atomic mass is 10.3. The largest absolute Gasteiger partial charge is 0.497 e. The Hall–Kier alpha value is -2.41. The van der Waals surface area contributed by atoms with Gasteiger partial charge in [-0.25, -0.2) is 18.2 Å². The van der Waals surface area contributed by atoms with Crippen molar-refractivity contribution in [2.75, 3.05) is 7.11 Å². The Morgan fingerprint density at radius 3 is 2.43 bits per heavy atom. The van der Waals surface area contributed by atoms with E-state index in [0.717, 1.165) is 0 Å². The lowest BCUT2D eigenvalue weighted by molar-refractivity contribution is 0.0690. The Labute approximate surface area is 121 Å². The molecule has 2 rings (SSSR count). The van der Waals surface area contributed by atoms with Crippen molar-refractivity contribution in [3.63, 3.8) is 0 Å². The Kier molecular flexibility index (Phi) is 4.23. The van der Waals surface area contributed by atoms with Crippen molar-refractivity contribution in [3.8, 4) is 5.75 Å². The van der Waals surface area contributed by atoms with E-state index in [-0.39, 0.29) is 22.0 Å². The number of hydrogen-bond donors (Lipinski definition) is 1. The predicted molar refractivity (Wildman–Crippen MR) is 75.1 cm³/mol. The summed E-state index contributed by atoms with van der Waals surface area (Å²) in [6.07, 6.45) is 0. The Balaban J connectivity index is 2.28. The molecule has 6 nitrogen and oxygen atoms in total. The van der Waals surface area contributed by atoms with E-state index in [4.69, 9.17) is 9.84 Å². The van der Waals surface area contributed by atoms with Crippen LogP contribution in [0.25, 0.3) is 0 Å². The van der Waals surface area contributed by atoms with Crippen LogP contribution in [0.1, 0.15) is 16.2 Å². The van der Waals surface area contributed by atoms with Gasteiger partial charge in [0.05, 0.1) is 23.5 Å². The molecule has 1 heterocycles. The van der Waals surface area contributed by atoms with E-state index in [1.807, 2.05) is 0 Å². The van der Waals surface area contributed by atoms with Crippen LogP contribution in [0.2, 0.25) is 0 Å². The molecule has 0 unspecified atom stereocenters. The first-order valence-electron chi connectivity index (χ1n) is 5.98. The lowest BCUT2D eigenvalue weighted by Gasteiger charge is -2.06. The van der Waals surface area contributed by atoms with Gasteiger partial charge in [-0.2, -0.15) is 0 Å². The SMILES string of the molecule is COc1ccc(S(=O)(=O)Cc2cccc(C(=O)O)n2)cc1. The van der Waals surface area contributed by atoms with Crippen molar-refractivity contribution in [1.29, 1.82) is 0 Å². The van der Waals surface area contributed by atoms with Crippen LogP contribution in [0.4, 0.5) is 0 Å². The summed E-state index contributed by atoms with van der Waals surface area (Å²) in [5.74, 6) is -1.00. The molecule has 0 aliphatic rings. The quantitative estimate of drug-likeness (QED) is 0.904. The van der Waals surface area contributed by atoms with Crippen LogP contribution in [0, 0.1) is 0 Å². The molecular formula is C14H13NO5S. The maximum Gasteiger partial charge on any atom is 0.354 e. The van der Waals surface area contributed by atoms with Gasteiger partial charge in [0.25, 0.3) is 0 Å². The first kappa shape index (κ1) is 15.0. The molecule has 0 fully saturated rings. The van der Waals surface area contributed by atoms with Gasteiger partial charge in [0.1, 0.15) is 11.4 Å². The van der Waals surface area contributed by atoms with Gasteiger partial charge in [0, 0.05) is 0 Å². The third-order valence-corrected chi connectivity index (χ3v) is 4.45. The van der Waals surface area contributed by atoms with Crippen LogP contribution in [-0.2, 0) is 15.6 Å². The molecule has 1 aromatic heterocycles. The number of benzene rings is 1. The van der Waals surface area contributed by atoms with E-state index >= 15 is 0 Å². The number of rotatable bonds is 5. The second-order valence-electron chi connectivity index (χ2n) is 4.25. The van der Waals surface area contributed by atoms with Crippen molar-refractivity contribution >= 4 is 15.8 Å². The zero-order valence-electron chi connectivity index (χ0n) is 11.2. The van der Waals surface area contributed by atoms with Crippen molar-refractivity contribution in [1.82, 2.24) is 4.98 Å². The number of ether oxygens (including phenoxy) is 1. The standard InChI is InChI=1S/C14H13NO5S/c1-20-11-5-7-12(8-6-11)21(18,19)9-10-3-2-4-13(15-10)14(16)17/h2-8H,9H2,1H3,(H,16,17). The van der Waals surface area contributed by atoms with Crippen LogP contribution in [0.3, 0.4) is 0 Å². The monoisotopic (exact) mass is 307 g/mol. The molecule has 1 aromatic carbocycles. The second kappa shape index (κ2) is 5.92. The number of carboxylic acids is 1. The zero-order chi connectivity index (χ0) is 15.5. The lowest BCUT2D eigenvalue weighted by Crippen LogP contribution is -2.09. The number of hydrogen-bond acceptors (Lipinski definition) is 5. The smallest absolute Gasteiger partial charge is 0.354 e. The number of aromatic nitrogens is 1. The molecule has 0 saturated carbocycles. The molecule has 0 aliphatic heterocycles. The van der Waals surface area contributed by atoms with Gasteiger partial charge in [-0.05, 0) is 36.4 Å². The van der Waals surface area contributed by atoms with Gasteiger partial charge in [-0.15, -0.1) is 0 Å². The average molecular weight is 307 g/mol. The summed E-state index contributed by atoms with van der Waals surface area (Å²) in [7, 11) is -2.10. The van der Waals surface area contributed by atoms with Gasteiger partial charge in [0.2, 0.25) is 0 Å². The highest BCUT2D eigenvalue weighted by Crippen LogP contribution is 2.19. The second-order valence-corrected chi connectivity index (χ2v) is 6.24. The van der Waals surface area contributed by atoms with Gasteiger partial charge < -0.3 is 9.84 Å². The number of nitrogens with zero attached hydrogens (tertiary/aromatic N) is 1. The first-order valence-corrected chi connectivity index (χ1v) is 7.63. The van der Waals surface area contributed by atoms with E-state index in [1.54, 1.807) is 12.1 Å². The summed E-state index contributed by atoms with van der Waals surface area (Å²) in [6, 6.07) is 10.2. The van der Waals surface area contributed by atoms with Gasteiger partial charge in [-0.1, -0.05) is 6.07 Å². The summed E-state index contributed by atoms with van der Waals surface area (Å²) in [5, 5.41) is 8.86. The third kappa shape index (κ3) is 3.57. The van der Waals surface area contributed by atoms with Crippen LogP contribution >= 0.6 is 0 Å². The number of sulfone groups is 1. The van der Waals surface area contributed by atoms with Crippen LogP contribution in [-0.4, -0.2) is 31.6 Å². The van der Waals surface area contributed by atoms with Crippen LogP contribution < -0.4 is 4.74 Å². The van der Waals surface area contributed by atoms with Gasteiger partial charge >= 0.3 is 5.97 Å². The van der Waals surface area contributed by atoms with E-state index < -0.39 is 15.8 Å². The molecule has 0 atom stereocenters. The summed E-state index contributed by atoms with van der Waals surface area (Å²) in [5.41, 5.74) is 0.00292. The molecule has 0 radical (unpaired) electrons. The zero-order valence-corrected chi connectivity index (χ0v) is 12.0. The highest BCUT2D eigenvalue weighted by atomic mass is 32.2. The molecule has 21 heavy (non-hydrogen) atoms. The average Bonchev–Trinajstić information content (AvgIpc) is 2.47. The van der Waals surface area contributed by atoms with E-state index in [9.17, 15) is 13.2 Å². The summed E-state index contributed by atoms with van der Waals surface area (Å²) >= 11 is 0. The maximum absolute atomic E-state index is 12.3. The minimum atomic E-state index is -3.59. The number of aromatic carboxylic acids is 1. The summed E-state index contributed by atoms with van der Waals surface area (Å²) in [4.78, 5) is 14.8. The van der Waals surface area contributed by atoms with Crippen molar-refractivity contribution in [3.05, 3.63) is 53.9 Å². The minimum absolute atomic E-state index is 0.130. The van der Waals surface area contributed by atoms with Crippen molar-refractivity contribution in [2.45, 2.75) is 10.6 Å². The summed E-state index contributed by atoms with van der Waals surface area (Å²) in [6.45, 7) is 0. The molecule has 1 N–H and O–H groups in total.